The Hall–Kier alpha value is -1.24. The van der Waals surface area contributed by atoms with E-state index in [0.29, 0.717) is 6.42 Å². The van der Waals surface area contributed by atoms with Gasteiger partial charge in [-0.3, -0.25) is 4.79 Å². The first-order valence-corrected chi connectivity index (χ1v) is 7.08. The number of ether oxygens (including phenoxy) is 1. The van der Waals surface area contributed by atoms with Gasteiger partial charge in [-0.2, -0.15) is 0 Å². The molecule has 0 spiro atoms. The van der Waals surface area contributed by atoms with Crippen molar-refractivity contribution < 1.29 is 29.6 Å². The third-order valence-corrected chi connectivity index (χ3v) is 5.11. The molecule has 0 heterocycles. The first-order valence-electron chi connectivity index (χ1n) is 7.08. The lowest BCUT2D eigenvalue weighted by Crippen LogP contribution is -2.61. The van der Waals surface area contributed by atoms with Gasteiger partial charge in [-0.05, 0) is 12.8 Å². The summed E-state index contributed by atoms with van der Waals surface area (Å²) in [6.07, 6.45) is -2.44. The standard InChI is InChI=1S/C15H22O6/c1-7(14(20)21-3)11-9(17)6-15(2)10(18)5-4-8(16)12(15)13(11)19/h9-13,17-19H,1,4-6H2,2-3H3/t9-,10-,11-,12-,13-,15+/m0/s1. The van der Waals surface area contributed by atoms with Crippen LogP contribution in [0.15, 0.2) is 12.2 Å². The second-order valence-electron chi connectivity index (χ2n) is 6.31. The van der Waals surface area contributed by atoms with Crippen LogP contribution in [0.3, 0.4) is 0 Å². The molecule has 6 nitrogen and oxygen atoms in total. The van der Waals surface area contributed by atoms with Crippen LogP contribution >= 0.6 is 0 Å². The van der Waals surface area contributed by atoms with Crippen LogP contribution in [0, 0.1) is 17.3 Å². The zero-order valence-electron chi connectivity index (χ0n) is 12.3. The maximum Gasteiger partial charge on any atom is 0.333 e. The smallest absolute Gasteiger partial charge is 0.333 e. The zero-order valence-corrected chi connectivity index (χ0v) is 12.3. The van der Waals surface area contributed by atoms with Gasteiger partial charge in [0.2, 0.25) is 0 Å². The topological polar surface area (TPSA) is 104 Å². The molecule has 2 fully saturated rings. The summed E-state index contributed by atoms with van der Waals surface area (Å²) >= 11 is 0. The molecule has 0 radical (unpaired) electrons. The molecule has 118 valence electrons. The Labute approximate surface area is 123 Å². The summed E-state index contributed by atoms with van der Waals surface area (Å²) in [5.74, 6) is -2.63. The molecule has 6 atom stereocenters. The van der Waals surface area contributed by atoms with Crippen molar-refractivity contribution >= 4 is 11.8 Å². The minimum atomic E-state index is -1.26. The number of ketones is 1. The molecule has 0 amide bonds. The van der Waals surface area contributed by atoms with Crippen LogP contribution in [0.2, 0.25) is 0 Å². The van der Waals surface area contributed by atoms with E-state index in [9.17, 15) is 24.9 Å². The summed E-state index contributed by atoms with van der Waals surface area (Å²) in [7, 11) is 1.19. The average molecular weight is 298 g/mol. The van der Waals surface area contributed by atoms with Crippen LogP contribution in [0.25, 0.3) is 0 Å². The number of rotatable bonds is 2. The number of fused-ring (bicyclic) bond motifs is 1. The van der Waals surface area contributed by atoms with Gasteiger partial charge in [-0.15, -0.1) is 0 Å². The molecule has 0 aromatic rings. The van der Waals surface area contributed by atoms with Gasteiger partial charge < -0.3 is 20.1 Å². The molecule has 0 aliphatic heterocycles. The summed E-state index contributed by atoms with van der Waals surface area (Å²) in [6, 6.07) is 0. The molecule has 3 N–H and O–H groups in total. The molecule has 0 aromatic heterocycles. The Morgan fingerprint density at radius 2 is 2.00 bits per heavy atom. The highest BCUT2D eigenvalue weighted by Crippen LogP contribution is 2.51. The molecule has 2 aliphatic rings. The number of esters is 1. The fraction of sp³-hybridized carbons (Fsp3) is 0.733. The molecule has 0 unspecified atom stereocenters. The molecule has 0 saturated heterocycles. The predicted octanol–water partition coefficient (Wildman–Crippen LogP) is -0.196. The van der Waals surface area contributed by atoms with Crippen molar-refractivity contribution in [2.24, 2.45) is 17.3 Å². The van der Waals surface area contributed by atoms with Gasteiger partial charge in [-0.1, -0.05) is 13.5 Å². The fourth-order valence-corrected chi connectivity index (χ4v) is 3.90. The number of carbonyl (C=O) groups excluding carboxylic acids is 2. The van der Waals surface area contributed by atoms with Crippen molar-refractivity contribution in [2.75, 3.05) is 7.11 Å². The maximum absolute atomic E-state index is 12.2. The lowest BCUT2D eigenvalue weighted by atomic mass is 9.54. The molecule has 2 rings (SSSR count). The van der Waals surface area contributed by atoms with E-state index in [1.807, 2.05) is 0 Å². The van der Waals surface area contributed by atoms with E-state index in [2.05, 4.69) is 11.3 Å². The summed E-state index contributed by atoms with van der Waals surface area (Å²) < 4.78 is 4.58. The summed E-state index contributed by atoms with van der Waals surface area (Å²) in [6.45, 7) is 5.28. The summed E-state index contributed by atoms with van der Waals surface area (Å²) in [5.41, 5.74) is -0.937. The molecular weight excluding hydrogens is 276 g/mol. The van der Waals surface area contributed by atoms with Gasteiger partial charge in [0.15, 0.2) is 0 Å². The van der Waals surface area contributed by atoms with Crippen molar-refractivity contribution in [3.63, 3.8) is 0 Å². The van der Waals surface area contributed by atoms with Crippen molar-refractivity contribution in [3.8, 4) is 0 Å². The number of methoxy groups -OCH3 is 1. The first-order chi connectivity index (χ1) is 9.74. The predicted molar refractivity (Wildman–Crippen MR) is 73.1 cm³/mol. The lowest BCUT2D eigenvalue weighted by molar-refractivity contribution is -0.178. The van der Waals surface area contributed by atoms with E-state index in [1.54, 1.807) is 6.92 Å². The largest absolute Gasteiger partial charge is 0.466 e. The van der Waals surface area contributed by atoms with Crippen LogP contribution in [-0.4, -0.2) is 52.5 Å². The Kier molecular flexibility index (Phi) is 4.24. The molecule has 21 heavy (non-hydrogen) atoms. The summed E-state index contributed by atoms with van der Waals surface area (Å²) in [4.78, 5) is 23.8. The summed E-state index contributed by atoms with van der Waals surface area (Å²) in [5, 5.41) is 31.1. The van der Waals surface area contributed by atoms with E-state index in [1.165, 1.54) is 7.11 Å². The second kappa shape index (κ2) is 5.51. The monoisotopic (exact) mass is 298 g/mol. The van der Waals surface area contributed by atoms with E-state index in [-0.39, 0.29) is 24.2 Å². The van der Waals surface area contributed by atoms with Crippen molar-refractivity contribution in [2.45, 2.75) is 44.5 Å². The van der Waals surface area contributed by atoms with Gasteiger partial charge in [-0.25, -0.2) is 4.79 Å². The molecule has 0 aromatic carbocycles. The average Bonchev–Trinajstić information content (AvgIpc) is 2.41. The van der Waals surface area contributed by atoms with E-state index in [4.69, 9.17) is 0 Å². The molecule has 6 heteroatoms. The number of aliphatic hydroxyl groups is 3. The van der Waals surface area contributed by atoms with Crippen LogP contribution in [0.5, 0.6) is 0 Å². The van der Waals surface area contributed by atoms with Gasteiger partial charge in [0, 0.05) is 23.3 Å². The second-order valence-corrected chi connectivity index (χ2v) is 6.31. The molecule has 2 aliphatic carbocycles. The van der Waals surface area contributed by atoms with Crippen LogP contribution in [0.1, 0.15) is 26.2 Å². The van der Waals surface area contributed by atoms with Gasteiger partial charge >= 0.3 is 5.97 Å². The Morgan fingerprint density at radius 1 is 1.38 bits per heavy atom. The Bertz CT molecular complexity index is 473. The van der Waals surface area contributed by atoms with E-state index in [0.717, 1.165) is 0 Å². The Morgan fingerprint density at radius 3 is 2.57 bits per heavy atom. The van der Waals surface area contributed by atoms with Crippen molar-refractivity contribution in [1.29, 1.82) is 0 Å². The number of aliphatic hydroxyl groups excluding tert-OH is 3. The maximum atomic E-state index is 12.2. The van der Waals surface area contributed by atoms with E-state index >= 15 is 0 Å². The lowest BCUT2D eigenvalue weighted by Gasteiger charge is -2.53. The van der Waals surface area contributed by atoms with Crippen LogP contribution in [0.4, 0.5) is 0 Å². The SMILES string of the molecule is C=C(C(=O)OC)[C@@H]1[C@H](O)[C@@H]2C(=O)CC[C@H](O)[C@@]2(C)C[C@@H]1O. The quantitative estimate of drug-likeness (QED) is 0.482. The number of hydrogen-bond donors (Lipinski definition) is 3. The third kappa shape index (κ3) is 2.41. The number of Topliss-reactive ketones (excluding diaryl/α,β-unsaturated/α-hetero) is 1. The van der Waals surface area contributed by atoms with Crippen molar-refractivity contribution in [1.82, 2.24) is 0 Å². The van der Waals surface area contributed by atoms with Crippen LogP contribution in [-0.2, 0) is 14.3 Å². The molecule has 0 bridgehead atoms. The minimum Gasteiger partial charge on any atom is -0.466 e. The molecular formula is C15H22O6. The highest BCUT2D eigenvalue weighted by atomic mass is 16.5. The normalized spacial score (nSPS) is 43.1. The van der Waals surface area contributed by atoms with Gasteiger partial charge in [0.05, 0.1) is 31.3 Å². The highest BCUT2D eigenvalue weighted by molar-refractivity contribution is 5.89. The minimum absolute atomic E-state index is 0.0487. The van der Waals surface area contributed by atoms with E-state index < -0.39 is 41.5 Å². The van der Waals surface area contributed by atoms with Gasteiger partial charge in [0.25, 0.3) is 0 Å². The third-order valence-electron chi connectivity index (χ3n) is 5.11. The number of carbonyl (C=O) groups is 2. The van der Waals surface area contributed by atoms with Gasteiger partial charge in [0.1, 0.15) is 5.78 Å². The highest BCUT2D eigenvalue weighted by Gasteiger charge is 2.58. The van der Waals surface area contributed by atoms with Crippen molar-refractivity contribution in [3.05, 3.63) is 12.2 Å². The zero-order chi connectivity index (χ0) is 15.9. The van der Waals surface area contributed by atoms with Crippen LogP contribution < -0.4 is 0 Å². The molecule has 2 saturated carbocycles. The fourth-order valence-electron chi connectivity index (χ4n) is 3.90. The Balaban J connectivity index is 2.36. The number of hydrogen-bond acceptors (Lipinski definition) is 6. The first kappa shape index (κ1) is 16.1.